The number of aromatic amines is 1. The van der Waals surface area contributed by atoms with E-state index < -0.39 is 0 Å². The summed E-state index contributed by atoms with van der Waals surface area (Å²) in [5.41, 5.74) is 0.856. The number of aryl methyl sites for hydroxylation is 1. The van der Waals surface area contributed by atoms with E-state index in [1.807, 2.05) is 13.1 Å². The molecule has 2 heterocycles. The number of anilines is 1. The Bertz CT molecular complexity index is 501. The lowest BCUT2D eigenvalue weighted by atomic mass is 10.4. The molecule has 78 valence electrons. The average Bonchev–Trinajstić information content (AvgIpc) is 2.61. The van der Waals surface area contributed by atoms with Gasteiger partial charge in [0.25, 0.3) is 5.56 Å². The van der Waals surface area contributed by atoms with Crippen molar-refractivity contribution in [3.05, 3.63) is 40.7 Å². The van der Waals surface area contributed by atoms with E-state index in [0.717, 1.165) is 5.69 Å². The lowest BCUT2D eigenvalue weighted by Crippen LogP contribution is -2.10. The number of hydrogen-bond donors (Lipinski definition) is 2. The SMILES string of the molecule is Cn1nccc1CNc1cc(=O)[nH]cn1. The van der Waals surface area contributed by atoms with E-state index in [1.54, 1.807) is 10.9 Å². The van der Waals surface area contributed by atoms with Gasteiger partial charge in [0.2, 0.25) is 0 Å². The molecule has 15 heavy (non-hydrogen) atoms. The van der Waals surface area contributed by atoms with Crippen molar-refractivity contribution in [2.24, 2.45) is 7.05 Å². The van der Waals surface area contributed by atoms with Crippen LogP contribution in [0.3, 0.4) is 0 Å². The molecule has 0 aliphatic carbocycles. The molecule has 0 saturated carbocycles. The molecule has 0 aliphatic heterocycles. The summed E-state index contributed by atoms with van der Waals surface area (Å²) in [6, 6.07) is 3.32. The highest BCUT2D eigenvalue weighted by atomic mass is 16.1. The van der Waals surface area contributed by atoms with Crippen LogP contribution in [0.25, 0.3) is 0 Å². The molecule has 0 spiro atoms. The van der Waals surface area contributed by atoms with Crippen LogP contribution in [0, 0.1) is 0 Å². The third-order valence-corrected chi connectivity index (χ3v) is 2.05. The molecule has 6 nitrogen and oxygen atoms in total. The van der Waals surface area contributed by atoms with Crippen LogP contribution in [0.4, 0.5) is 5.82 Å². The number of H-pyrrole nitrogens is 1. The summed E-state index contributed by atoms with van der Waals surface area (Å²) in [6.07, 6.45) is 3.09. The third-order valence-electron chi connectivity index (χ3n) is 2.05. The minimum absolute atomic E-state index is 0.169. The highest BCUT2D eigenvalue weighted by molar-refractivity contribution is 5.32. The van der Waals surface area contributed by atoms with E-state index in [2.05, 4.69) is 20.4 Å². The second-order valence-corrected chi connectivity index (χ2v) is 3.10. The number of hydrogen-bond acceptors (Lipinski definition) is 4. The largest absolute Gasteiger partial charge is 0.364 e. The molecule has 0 bridgehead atoms. The quantitative estimate of drug-likeness (QED) is 0.746. The molecule has 0 radical (unpaired) electrons. The smallest absolute Gasteiger partial charge is 0.252 e. The van der Waals surface area contributed by atoms with Gasteiger partial charge in [-0.3, -0.25) is 9.48 Å². The Morgan fingerprint density at radius 3 is 3.13 bits per heavy atom. The van der Waals surface area contributed by atoms with E-state index in [9.17, 15) is 4.79 Å². The predicted molar refractivity (Wildman–Crippen MR) is 55.4 cm³/mol. The van der Waals surface area contributed by atoms with Crippen LogP contribution in [0.5, 0.6) is 0 Å². The highest BCUT2D eigenvalue weighted by Crippen LogP contribution is 2.01. The molecular formula is C9H11N5O. The molecule has 0 aromatic carbocycles. The fourth-order valence-electron chi connectivity index (χ4n) is 1.22. The molecule has 0 aliphatic rings. The maximum atomic E-state index is 11.0. The molecule has 0 saturated heterocycles. The monoisotopic (exact) mass is 205 g/mol. The molecular weight excluding hydrogens is 194 g/mol. The van der Waals surface area contributed by atoms with Gasteiger partial charge in [0.15, 0.2) is 0 Å². The van der Waals surface area contributed by atoms with E-state index >= 15 is 0 Å². The molecule has 2 aromatic heterocycles. The van der Waals surface area contributed by atoms with Gasteiger partial charge in [-0.15, -0.1) is 0 Å². The maximum absolute atomic E-state index is 11.0. The van der Waals surface area contributed by atoms with Crippen molar-refractivity contribution in [2.75, 3.05) is 5.32 Å². The van der Waals surface area contributed by atoms with E-state index in [0.29, 0.717) is 12.4 Å². The molecule has 0 fully saturated rings. The second-order valence-electron chi connectivity index (χ2n) is 3.10. The van der Waals surface area contributed by atoms with Gasteiger partial charge in [-0.25, -0.2) is 4.98 Å². The van der Waals surface area contributed by atoms with Crippen molar-refractivity contribution in [3.63, 3.8) is 0 Å². The molecule has 0 atom stereocenters. The Balaban J connectivity index is 2.05. The average molecular weight is 205 g/mol. The molecule has 2 aromatic rings. The zero-order valence-corrected chi connectivity index (χ0v) is 8.27. The number of nitrogens with one attached hydrogen (secondary N) is 2. The van der Waals surface area contributed by atoms with Gasteiger partial charge in [-0.1, -0.05) is 0 Å². The normalized spacial score (nSPS) is 10.2. The number of nitrogens with zero attached hydrogens (tertiary/aromatic N) is 3. The minimum atomic E-state index is -0.169. The zero-order valence-electron chi connectivity index (χ0n) is 8.27. The lowest BCUT2D eigenvalue weighted by Gasteiger charge is -2.04. The first kappa shape index (κ1) is 9.45. The van der Waals surface area contributed by atoms with Crippen molar-refractivity contribution >= 4 is 5.82 Å². The van der Waals surface area contributed by atoms with Crippen molar-refractivity contribution in [1.29, 1.82) is 0 Å². The van der Waals surface area contributed by atoms with Gasteiger partial charge < -0.3 is 10.3 Å². The molecule has 0 amide bonds. The van der Waals surface area contributed by atoms with Crippen molar-refractivity contribution in [3.8, 4) is 0 Å². The van der Waals surface area contributed by atoms with Crippen LogP contribution in [0.1, 0.15) is 5.69 Å². The van der Waals surface area contributed by atoms with Crippen LogP contribution in [-0.4, -0.2) is 19.7 Å². The topological polar surface area (TPSA) is 75.6 Å². The van der Waals surface area contributed by atoms with Crippen LogP contribution < -0.4 is 10.9 Å². The second kappa shape index (κ2) is 3.95. The van der Waals surface area contributed by atoms with Gasteiger partial charge in [0.1, 0.15) is 5.82 Å². The Morgan fingerprint density at radius 1 is 1.60 bits per heavy atom. The van der Waals surface area contributed by atoms with Crippen LogP contribution >= 0.6 is 0 Å². The third kappa shape index (κ3) is 2.22. The van der Waals surface area contributed by atoms with Gasteiger partial charge in [0, 0.05) is 19.3 Å². The number of aromatic nitrogens is 4. The predicted octanol–water partition coefficient (Wildman–Crippen LogP) is 0.115. The van der Waals surface area contributed by atoms with Crippen molar-refractivity contribution in [1.82, 2.24) is 19.7 Å². The summed E-state index contributed by atoms with van der Waals surface area (Å²) < 4.78 is 1.76. The minimum Gasteiger partial charge on any atom is -0.364 e. The standard InChI is InChI=1S/C9H11N5O/c1-14-7(2-3-13-14)5-10-8-4-9(15)12-6-11-8/h2-4,6H,5H2,1H3,(H2,10,11,12,15). The first-order valence-corrected chi connectivity index (χ1v) is 4.51. The maximum Gasteiger partial charge on any atom is 0.252 e. The first-order chi connectivity index (χ1) is 7.25. The van der Waals surface area contributed by atoms with Crippen molar-refractivity contribution in [2.45, 2.75) is 6.54 Å². The Hall–Kier alpha value is -2.11. The van der Waals surface area contributed by atoms with Gasteiger partial charge in [-0.05, 0) is 6.07 Å². The molecule has 2 rings (SSSR count). The van der Waals surface area contributed by atoms with Crippen LogP contribution in [0.2, 0.25) is 0 Å². The summed E-state index contributed by atoms with van der Waals surface area (Å²) in [4.78, 5) is 17.4. The van der Waals surface area contributed by atoms with Gasteiger partial charge in [-0.2, -0.15) is 5.10 Å². The van der Waals surface area contributed by atoms with Crippen LogP contribution in [-0.2, 0) is 13.6 Å². The van der Waals surface area contributed by atoms with Gasteiger partial charge in [0.05, 0.1) is 18.6 Å². The van der Waals surface area contributed by atoms with E-state index in [4.69, 9.17) is 0 Å². The summed E-state index contributed by atoms with van der Waals surface area (Å²) in [5.74, 6) is 0.556. The van der Waals surface area contributed by atoms with Gasteiger partial charge >= 0.3 is 0 Å². The lowest BCUT2D eigenvalue weighted by molar-refractivity contribution is 0.720. The Labute approximate surface area is 86.0 Å². The first-order valence-electron chi connectivity index (χ1n) is 4.51. The summed E-state index contributed by atoms with van der Waals surface area (Å²) in [6.45, 7) is 0.590. The highest BCUT2D eigenvalue weighted by Gasteiger charge is 1.99. The van der Waals surface area contributed by atoms with E-state index in [-0.39, 0.29) is 5.56 Å². The summed E-state index contributed by atoms with van der Waals surface area (Å²) >= 11 is 0. The Morgan fingerprint density at radius 2 is 2.47 bits per heavy atom. The number of rotatable bonds is 3. The molecule has 0 unspecified atom stereocenters. The fourth-order valence-corrected chi connectivity index (χ4v) is 1.22. The summed E-state index contributed by atoms with van der Waals surface area (Å²) in [7, 11) is 1.86. The molecule has 6 heteroatoms. The zero-order chi connectivity index (χ0) is 10.7. The summed E-state index contributed by atoms with van der Waals surface area (Å²) in [5, 5.41) is 7.07. The van der Waals surface area contributed by atoms with Crippen LogP contribution in [0.15, 0.2) is 29.5 Å². The fraction of sp³-hybridized carbons (Fsp3) is 0.222. The molecule has 2 N–H and O–H groups in total. The van der Waals surface area contributed by atoms with Crippen molar-refractivity contribution < 1.29 is 0 Å². The Kier molecular flexibility index (Phi) is 2.49. The van der Waals surface area contributed by atoms with E-state index in [1.165, 1.54) is 12.4 Å².